The monoisotopic (exact) mass is 654 g/mol. The van der Waals surface area contributed by atoms with Gasteiger partial charge in [-0.1, -0.05) is 113 Å². The SMILES string of the molecule is BrCI.Cc1cc2c(c3ccccc13)-c1c(cc(B3OC(C)(C)C(C)(C)O3)c3ccccc13)C2(C)C. The lowest BCUT2D eigenvalue weighted by Gasteiger charge is -2.32. The van der Waals surface area contributed by atoms with Crippen molar-refractivity contribution in [3.63, 3.8) is 0 Å². The minimum absolute atomic E-state index is 0.109. The number of alkyl halides is 2. The average molecular weight is 655 g/mol. The van der Waals surface area contributed by atoms with Crippen LogP contribution in [0.5, 0.6) is 0 Å². The molecule has 5 heteroatoms. The Morgan fingerprint density at radius 3 is 1.67 bits per heavy atom. The van der Waals surface area contributed by atoms with Gasteiger partial charge in [0.1, 0.15) is 0 Å². The molecule has 0 unspecified atom stereocenters. The molecule has 0 saturated carbocycles. The van der Waals surface area contributed by atoms with Crippen LogP contribution < -0.4 is 5.46 Å². The molecule has 0 N–H and O–H groups in total. The minimum atomic E-state index is -0.386. The Bertz CT molecular complexity index is 1480. The van der Waals surface area contributed by atoms with Crippen molar-refractivity contribution in [2.24, 2.45) is 0 Å². The van der Waals surface area contributed by atoms with Crippen molar-refractivity contribution in [3.8, 4) is 11.1 Å². The summed E-state index contributed by atoms with van der Waals surface area (Å²) in [5.41, 5.74) is 7.12. The first-order chi connectivity index (χ1) is 16.9. The van der Waals surface area contributed by atoms with E-state index < -0.39 is 0 Å². The van der Waals surface area contributed by atoms with E-state index in [1.54, 1.807) is 0 Å². The van der Waals surface area contributed by atoms with E-state index >= 15 is 0 Å². The predicted octanol–water partition coefficient (Wildman–Crippen LogP) is 8.68. The Morgan fingerprint density at radius 2 is 1.14 bits per heavy atom. The van der Waals surface area contributed by atoms with Gasteiger partial charge in [0.15, 0.2) is 0 Å². The summed E-state index contributed by atoms with van der Waals surface area (Å²) in [7, 11) is -0.386. The number of benzene rings is 4. The molecule has 0 amide bonds. The molecule has 1 fully saturated rings. The summed E-state index contributed by atoms with van der Waals surface area (Å²) >= 11 is 5.34. The zero-order valence-electron chi connectivity index (χ0n) is 22.1. The lowest BCUT2D eigenvalue weighted by Crippen LogP contribution is -2.41. The highest BCUT2D eigenvalue weighted by molar-refractivity contribution is 14.1. The Labute approximate surface area is 237 Å². The van der Waals surface area contributed by atoms with Crippen molar-refractivity contribution in [1.29, 1.82) is 0 Å². The van der Waals surface area contributed by atoms with E-state index in [2.05, 4.69) is 148 Å². The quantitative estimate of drug-likeness (QED) is 0.116. The maximum Gasteiger partial charge on any atom is 0.495 e. The van der Waals surface area contributed by atoms with E-state index in [-0.39, 0.29) is 23.7 Å². The van der Waals surface area contributed by atoms with Crippen LogP contribution in [-0.4, -0.2) is 21.7 Å². The van der Waals surface area contributed by atoms with Crippen molar-refractivity contribution >= 4 is 72.6 Å². The number of rotatable bonds is 1. The van der Waals surface area contributed by atoms with Crippen LogP contribution in [0.2, 0.25) is 0 Å². The third-order valence-corrected chi connectivity index (χ3v) is 8.43. The number of halogens is 2. The predicted molar refractivity (Wildman–Crippen MR) is 167 cm³/mol. The third-order valence-electron chi connectivity index (χ3n) is 8.43. The van der Waals surface area contributed by atoms with Gasteiger partial charge in [0.05, 0.1) is 14.5 Å². The van der Waals surface area contributed by atoms with Crippen LogP contribution in [-0.2, 0) is 14.7 Å². The Morgan fingerprint density at radius 1 is 0.722 bits per heavy atom. The number of hydrogen-bond acceptors (Lipinski definition) is 2. The smallest absolute Gasteiger partial charge is 0.399 e. The second-order valence-electron chi connectivity index (χ2n) is 11.4. The first kappa shape index (κ1) is 26.2. The summed E-state index contributed by atoms with van der Waals surface area (Å²) in [6.07, 6.45) is 0. The molecular weight excluding hydrogens is 622 g/mol. The van der Waals surface area contributed by atoms with Crippen LogP contribution in [0.3, 0.4) is 0 Å². The number of fused-ring (bicyclic) bond motifs is 7. The third kappa shape index (κ3) is 3.88. The number of hydrogen-bond donors (Lipinski definition) is 0. The van der Waals surface area contributed by atoms with Gasteiger partial charge in [-0.2, -0.15) is 0 Å². The summed E-state index contributed by atoms with van der Waals surface area (Å²) < 4.78 is 14.1. The summed E-state index contributed by atoms with van der Waals surface area (Å²) in [5.74, 6) is 0. The summed E-state index contributed by atoms with van der Waals surface area (Å²) in [6, 6.07) is 22.4. The maximum absolute atomic E-state index is 6.53. The highest BCUT2D eigenvalue weighted by Gasteiger charge is 2.52. The van der Waals surface area contributed by atoms with Crippen molar-refractivity contribution in [3.05, 3.63) is 77.4 Å². The molecule has 36 heavy (non-hydrogen) atoms. The second kappa shape index (κ2) is 9.11. The molecule has 186 valence electrons. The minimum Gasteiger partial charge on any atom is -0.399 e. The molecule has 1 aliphatic carbocycles. The van der Waals surface area contributed by atoms with Crippen LogP contribution in [0.4, 0.5) is 0 Å². The lowest BCUT2D eigenvalue weighted by atomic mass is 9.72. The standard InChI is InChI=1S/C30H31BO2.CH2BrI/c1-18-16-23-26(21-14-10-8-12-19(18)21)27-22-15-11-9-13-20(22)25(17-24(27)28(23,2)3)31-32-29(4,5)30(6,7)33-31;2-1-3/h8-17H,1-7H3;1H2. The van der Waals surface area contributed by atoms with Crippen LogP contribution >= 0.6 is 38.5 Å². The second-order valence-corrected chi connectivity index (χ2v) is 14.8. The van der Waals surface area contributed by atoms with Crippen molar-refractivity contribution < 1.29 is 9.31 Å². The van der Waals surface area contributed by atoms with E-state index in [0.717, 1.165) is 8.80 Å². The van der Waals surface area contributed by atoms with Gasteiger partial charge >= 0.3 is 7.12 Å². The maximum atomic E-state index is 6.53. The van der Waals surface area contributed by atoms with Gasteiger partial charge < -0.3 is 9.31 Å². The van der Waals surface area contributed by atoms with Gasteiger partial charge in [-0.15, -0.1) is 0 Å². The molecule has 0 aromatic heterocycles. The van der Waals surface area contributed by atoms with Crippen LogP contribution in [0.15, 0.2) is 60.7 Å². The topological polar surface area (TPSA) is 18.5 Å². The average Bonchev–Trinajstić information content (AvgIpc) is 3.19. The lowest BCUT2D eigenvalue weighted by molar-refractivity contribution is 0.00578. The van der Waals surface area contributed by atoms with E-state index in [0.29, 0.717) is 0 Å². The van der Waals surface area contributed by atoms with Gasteiger partial charge in [0.2, 0.25) is 0 Å². The Kier molecular flexibility index (Phi) is 6.63. The highest BCUT2D eigenvalue weighted by atomic mass is 127. The Balaban J connectivity index is 0.000000848. The first-order valence-electron chi connectivity index (χ1n) is 12.5. The van der Waals surface area contributed by atoms with Crippen molar-refractivity contribution in [2.75, 3.05) is 3.34 Å². The fraction of sp³-hybridized carbons (Fsp3) is 0.355. The molecule has 1 saturated heterocycles. The molecule has 2 aliphatic rings. The van der Waals surface area contributed by atoms with E-state index in [1.807, 2.05) is 0 Å². The van der Waals surface area contributed by atoms with Gasteiger partial charge in [-0.25, -0.2) is 0 Å². The molecule has 2 nitrogen and oxygen atoms in total. The van der Waals surface area contributed by atoms with Crippen molar-refractivity contribution in [1.82, 2.24) is 0 Å². The van der Waals surface area contributed by atoms with Crippen molar-refractivity contribution in [2.45, 2.75) is 65.1 Å². The molecule has 6 rings (SSSR count). The zero-order valence-corrected chi connectivity index (χ0v) is 25.9. The molecule has 0 spiro atoms. The zero-order chi connectivity index (χ0) is 26.0. The molecule has 4 aromatic carbocycles. The van der Waals surface area contributed by atoms with Gasteiger partial charge in [0, 0.05) is 5.41 Å². The fourth-order valence-electron chi connectivity index (χ4n) is 5.79. The van der Waals surface area contributed by atoms with Crippen LogP contribution in [0, 0.1) is 6.92 Å². The van der Waals surface area contributed by atoms with Crippen LogP contribution in [0.1, 0.15) is 58.2 Å². The summed E-state index contributed by atoms with van der Waals surface area (Å²) in [6.45, 7) is 15.4. The molecule has 0 radical (unpaired) electrons. The molecule has 1 aliphatic heterocycles. The summed E-state index contributed by atoms with van der Waals surface area (Å²) in [5, 5.41) is 5.16. The first-order valence-corrected chi connectivity index (χ1v) is 15.2. The normalized spacial score (nSPS) is 18.6. The summed E-state index contributed by atoms with van der Waals surface area (Å²) in [4.78, 5) is 0. The fourth-order valence-corrected chi connectivity index (χ4v) is 5.79. The molecule has 1 heterocycles. The molecular formula is C31H33BBrIO2. The highest BCUT2D eigenvalue weighted by Crippen LogP contribution is 2.54. The van der Waals surface area contributed by atoms with E-state index in [1.165, 1.54) is 49.4 Å². The number of aryl methyl sites for hydroxylation is 1. The Hall–Kier alpha value is -1.41. The molecule has 0 bridgehead atoms. The van der Waals surface area contributed by atoms with E-state index in [9.17, 15) is 0 Å². The molecule has 4 aromatic rings. The molecule has 0 atom stereocenters. The van der Waals surface area contributed by atoms with E-state index in [4.69, 9.17) is 9.31 Å². The van der Waals surface area contributed by atoms with Gasteiger partial charge in [0.25, 0.3) is 0 Å². The largest absolute Gasteiger partial charge is 0.495 e. The van der Waals surface area contributed by atoms with Gasteiger partial charge in [-0.05, 0) is 89.4 Å². The van der Waals surface area contributed by atoms with Crippen LogP contribution in [0.25, 0.3) is 32.7 Å². The van der Waals surface area contributed by atoms with Gasteiger partial charge in [-0.3, -0.25) is 0 Å².